The molecule has 0 aliphatic carbocycles. The molecule has 1 aromatic carbocycles. The number of likely N-dealkylation sites (N-methyl/N-ethyl adjacent to an activating group) is 1. The van der Waals surface area contributed by atoms with Crippen LogP contribution < -0.4 is 5.73 Å². The van der Waals surface area contributed by atoms with Crippen LogP contribution in [0.4, 0.5) is 4.39 Å². The molecule has 0 spiro atoms. The summed E-state index contributed by atoms with van der Waals surface area (Å²) in [6.45, 7) is 0.970. The van der Waals surface area contributed by atoms with Gasteiger partial charge in [0.05, 0.1) is 13.7 Å². The molecule has 94 valence electrons. The minimum Gasteiger partial charge on any atom is -0.468 e. The third-order valence-corrected chi connectivity index (χ3v) is 2.46. The number of nitrogens with two attached hydrogens (primary N) is 1. The molecule has 0 saturated carbocycles. The summed E-state index contributed by atoms with van der Waals surface area (Å²) in [5.41, 5.74) is 7.24. The summed E-state index contributed by atoms with van der Waals surface area (Å²) in [5.74, 6) is -0.623. The van der Waals surface area contributed by atoms with E-state index < -0.39 is 0 Å². The van der Waals surface area contributed by atoms with E-state index in [1.807, 2.05) is 0 Å². The van der Waals surface area contributed by atoms with Gasteiger partial charge in [0.15, 0.2) is 0 Å². The number of carbonyl (C=O) groups excluding carboxylic acids is 1. The number of hydrogen-bond acceptors (Lipinski definition) is 4. The lowest BCUT2D eigenvalue weighted by Crippen LogP contribution is -2.27. The highest BCUT2D eigenvalue weighted by Crippen LogP contribution is 2.12. The highest BCUT2D eigenvalue weighted by Gasteiger charge is 2.09. The monoisotopic (exact) mass is 240 g/mol. The molecule has 4 nitrogen and oxygen atoms in total. The maximum Gasteiger partial charge on any atom is 0.319 e. The normalized spacial score (nSPS) is 10.6. The molecule has 0 saturated heterocycles. The van der Waals surface area contributed by atoms with Gasteiger partial charge in [-0.3, -0.25) is 9.69 Å². The third-order valence-electron chi connectivity index (χ3n) is 2.46. The van der Waals surface area contributed by atoms with Crippen molar-refractivity contribution >= 4 is 5.97 Å². The van der Waals surface area contributed by atoms with Crippen LogP contribution in [-0.4, -0.2) is 31.6 Å². The van der Waals surface area contributed by atoms with Gasteiger partial charge in [-0.05, 0) is 30.3 Å². The molecule has 0 radical (unpaired) electrons. The van der Waals surface area contributed by atoms with Crippen LogP contribution >= 0.6 is 0 Å². The molecular formula is C12H17FN2O2. The van der Waals surface area contributed by atoms with Gasteiger partial charge in [0, 0.05) is 13.1 Å². The minimum atomic E-state index is -0.321. The smallest absolute Gasteiger partial charge is 0.319 e. The molecule has 1 aromatic rings. The third kappa shape index (κ3) is 4.13. The number of carbonyl (C=O) groups is 1. The number of esters is 1. The Hall–Kier alpha value is -1.46. The fraction of sp³-hybridized carbons (Fsp3) is 0.417. The Morgan fingerprint density at radius 1 is 1.47 bits per heavy atom. The Morgan fingerprint density at radius 3 is 2.76 bits per heavy atom. The van der Waals surface area contributed by atoms with Gasteiger partial charge in [0.2, 0.25) is 0 Å². The molecule has 0 aliphatic rings. The molecule has 0 aromatic heterocycles. The first-order valence-corrected chi connectivity index (χ1v) is 5.29. The zero-order valence-corrected chi connectivity index (χ0v) is 10.1. The van der Waals surface area contributed by atoms with Crippen LogP contribution in [0.25, 0.3) is 0 Å². The van der Waals surface area contributed by atoms with Crippen LogP contribution in [0, 0.1) is 5.82 Å². The summed E-state index contributed by atoms with van der Waals surface area (Å²) in [4.78, 5) is 12.8. The topological polar surface area (TPSA) is 55.6 Å². The van der Waals surface area contributed by atoms with Crippen molar-refractivity contribution in [2.24, 2.45) is 5.73 Å². The first-order chi connectivity index (χ1) is 8.06. The Kier molecular flexibility index (Phi) is 5.06. The Labute approximate surface area is 100 Å². The second kappa shape index (κ2) is 6.32. The van der Waals surface area contributed by atoms with Crippen molar-refractivity contribution in [3.63, 3.8) is 0 Å². The van der Waals surface area contributed by atoms with Gasteiger partial charge in [-0.1, -0.05) is 6.07 Å². The Morgan fingerprint density at radius 2 is 2.18 bits per heavy atom. The van der Waals surface area contributed by atoms with Gasteiger partial charge in [-0.15, -0.1) is 0 Å². The van der Waals surface area contributed by atoms with E-state index in [0.717, 1.165) is 11.1 Å². The maximum absolute atomic E-state index is 13.1. The quantitative estimate of drug-likeness (QED) is 0.777. The van der Waals surface area contributed by atoms with Gasteiger partial charge >= 0.3 is 5.97 Å². The van der Waals surface area contributed by atoms with E-state index in [9.17, 15) is 9.18 Å². The largest absolute Gasteiger partial charge is 0.468 e. The number of benzene rings is 1. The van der Waals surface area contributed by atoms with Crippen molar-refractivity contribution in [3.8, 4) is 0 Å². The van der Waals surface area contributed by atoms with E-state index in [-0.39, 0.29) is 18.3 Å². The molecule has 17 heavy (non-hydrogen) atoms. The maximum atomic E-state index is 13.1. The highest BCUT2D eigenvalue weighted by molar-refractivity contribution is 5.71. The molecule has 0 unspecified atom stereocenters. The van der Waals surface area contributed by atoms with Gasteiger partial charge in [-0.25, -0.2) is 4.39 Å². The second-order valence-electron chi connectivity index (χ2n) is 3.87. The predicted octanol–water partition coefficient (Wildman–Crippen LogP) is 0.889. The van der Waals surface area contributed by atoms with E-state index in [1.165, 1.54) is 19.2 Å². The SMILES string of the molecule is COC(=O)CN(C)Cc1cc(F)ccc1CN. The second-order valence-corrected chi connectivity index (χ2v) is 3.87. The van der Waals surface area contributed by atoms with Crippen molar-refractivity contribution in [1.82, 2.24) is 4.90 Å². The van der Waals surface area contributed by atoms with Crippen LogP contribution in [-0.2, 0) is 22.6 Å². The van der Waals surface area contributed by atoms with Gasteiger partial charge in [0.25, 0.3) is 0 Å². The van der Waals surface area contributed by atoms with Crippen LogP contribution in [0.15, 0.2) is 18.2 Å². The first-order valence-electron chi connectivity index (χ1n) is 5.29. The molecule has 0 fully saturated rings. The summed E-state index contributed by atoms with van der Waals surface area (Å²) >= 11 is 0. The zero-order valence-electron chi connectivity index (χ0n) is 10.1. The van der Waals surface area contributed by atoms with Crippen molar-refractivity contribution < 1.29 is 13.9 Å². The van der Waals surface area contributed by atoms with Crippen LogP contribution in [0.3, 0.4) is 0 Å². The summed E-state index contributed by atoms with van der Waals surface area (Å²) in [6, 6.07) is 4.48. The summed E-state index contributed by atoms with van der Waals surface area (Å²) in [7, 11) is 3.10. The molecule has 0 heterocycles. The van der Waals surface area contributed by atoms with Gasteiger partial charge in [-0.2, -0.15) is 0 Å². The molecule has 0 aliphatic heterocycles. The van der Waals surface area contributed by atoms with Crippen molar-refractivity contribution in [3.05, 3.63) is 35.1 Å². The lowest BCUT2D eigenvalue weighted by Gasteiger charge is -2.17. The standard InChI is InChI=1S/C12H17FN2O2/c1-15(8-12(16)17-2)7-10-5-11(13)4-3-9(10)6-14/h3-5H,6-8,14H2,1-2H3. The molecule has 0 amide bonds. The number of ether oxygens (including phenoxy) is 1. The van der Waals surface area contributed by atoms with Crippen molar-refractivity contribution in [2.75, 3.05) is 20.7 Å². The average molecular weight is 240 g/mol. The van der Waals surface area contributed by atoms with Crippen molar-refractivity contribution in [1.29, 1.82) is 0 Å². The van der Waals surface area contributed by atoms with Crippen LogP contribution in [0.2, 0.25) is 0 Å². The van der Waals surface area contributed by atoms with Crippen LogP contribution in [0.5, 0.6) is 0 Å². The fourth-order valence-corrected chi connectivity index (χ4v) is 1.57. The lowest BCUT2D eigenvalue weighted by molar-refractivity contribution is -0.141. The predicted molar refractivity (Wildman–Crippen MR) is 62.6 cm³/mol. The number of halogens is 1. The molecule has 5 heteroatoms. The number of nitrogens with zero attached hydrogens (tertiary/aromatic N) is 1. The van der Waals surface area contributed by atoms with E-state index in [0.29, 0.717) is 13.1 Å². The molecule has 0 bridgehead atoms. The molecule has 2 N–H and O–H groups in total. The fourth-order valence-electron chi connectivity index (χ4n) is 1.57. The van der Waals surface area contributed by atoms with E-state index in [4.69, 9.17) is 5.73 Å². The van der Waals surface area contributed by atoms with Gasteiger partial charge < -0.3 is 10.5 Å². The Bertz CT molecular complexity index is 396. The Balaban J connectivity index is 2.72. The number of methoxy groups -OCH3 is 1. The van der Waals surface area contributed by atoms with Crippen molar-refractivity contribution in [2.45, 2.75) is 13.1 Å². The zero-order chi connectivity index (χ0) is 12.8. The minimum absolute atomic E-state index is 0.164. The van der Waals surface area contributed by atoms with Gasteiger partial charge in [0.1, 0.15) is 5.82 Å². The van der Waals surface area contributed by atoms with E-state index in [1.54, 1.807) is 18.0 Å². The first kappa shape index (κ1) is 13.6. The average Bonchev–Trinajstić information content (AvgIpc) is 2.29. The molecule has 1 rings (SSSR count). The number of rotatable bonds is 5. The summed E-state index contributed by atoms with van der Waals surface area (Å²) in [6.07, 6.45) is 0. The molecule has 0 atom stereocenters. The highest BCUT2D eigenvalue weighted by atomic mass is 19.1. The summed E-state index contributed by atoms with van der Waals surface area (Å²) in [5, 5.41) is 0. The number of hydrogen-bond donors (Lipinski definition) is 1. The summed E-state index contributed by atoms with van der Waals surface area (Å²) < 4.78 is 17.7. The van der Waals surface area contributed by atoms with Crippen LogP contribution in [0.1, 0.15) is 11.1 Å². The van der Waals surface area contributed by atoms with E-state index >= 15 is 0 Å². The molecular weight excluding hydrogens is 223 g/mol. The van der Waals surface area contributed by atoms with E-state index in [2.05, 4.69) is 4.74 Å². The lowest BCUT2D eigenvalue weighted by atomic mass is 10.1.